The molecule has 6 aliphatic rings. The summed E-state index contributed by atoms with van der Waals surface area (Å²) in [5.74, 6) is -0.276. The molecule has 1 aliphatic carbocycles. The van der Waals surface area contributed by atoms with Crippen molar-refractivity contribution in [3.8, 4) is 17.0 Å². The van der Waals surface area contributed by atoms with E-state index in [0.717, 1.165) is 105 Å². The van der Waals surface area contributed by atoms with Gasteiger partial charge in [-0.2, -0.15) is 0 Å². The molecule has 0 bridgehead atoms. The number of rotatable bonds is 10. The van der Waals surface area contributed by atoms with Crippen LogP contribution in [0.25, 0.3) is 11.1 Å². The fourth-order valence-electron chi connectivity index (χ4n) is 11.5. The number of carbonyl (C=O) groups excluding carboxylic acids is 4. The Labute approximate surface area is 409 Å². The first-order valence-corrected chi connectivity index (χ1v) is 25.1. The molecule has 11 rings (SSSR count). The Morgan fingerprint density at radius 2 is 1.70 bits per heavy atom. The minimum Gasteiger partial charge on any atom is -0.480 e. The van der Waals surface area contributed by atoms with Crippen LogP contribution in [0.3, 0.4) is 0 Å². The molecular weight excluding hydrogens is 893 g/mol. The summed E-state index contributed by atoms with van der Waals surface area (Å²) in [7, 11) is -2.78. The van der Waals surface area contributed by atoms with E-state index in [9.17, 15) is 24.3 Å². The highest BCUT2D eigenvalue weighted by molar-refractivity contribution is 7.14. The minimum atomic E-state index is -2.78. The Morgan fingerprint density at radius 1 is 0.855 bits per heavy atom. The fraction of sp³-hybridized carbons (Fsp3) is 0.442. The molecule has 0 spiro atoms. The van der Waals surface area contributed by atoms with Gasteiger partial charge in [0.1, 0.15) is 23.4 Å². The predicted octanol–water partition coefficient (Wildman–Crippen LogP) is 6.43. The van der Waals surface area contributed by atoms with E-state index in [-0.39, 0.29) is 41.8 Å². The van der Waals surface area contributed by atoms with E-state index in [1.54, 1.807) is 46.4 Å². The molecule has 0 unspecified atom stereocenters. The van der Waals surface area contributed by atoms with Crippen molar-refractivity contribution in [3.63, 3.8) is 0 Å². The van der Waals surface area contributed by atoms with Gasteiger partial charge in [-0.25, -0.2) is 15.0 Å². The molecule has 0 saturated carbocycles. The summed E-state index contributed by atoms with van der Waals surface area (Å²) in [4.78, 5) is 78.2. The van der Waals surface area contributed by atoms with Crippen molar-refractivity contribution < 1.29 is 33.1 Å². The number of aromatic nitrogens is 3. The fourth-order valence-corrected chi connectivity index (χ4v) is 12.9. The summed E-state index contributed by atoms with van der Waals surface area (Å²) >= 11 is 1.60. The molecule has 3 saturated heterocycles. The number of nitrogens with one attached hydrogen (secondary N) is 2. The topological polar surface area (TPSA) is 177 Å². The number of piperazine rings is 1. The lowest BCUT2D eigenvalue weighted by atomic mass is 9.91. The third-order valence-electron chi connectivity index (χ3n) is 15.1. The van der Waals surface area contributed by atoms with Crippen molar-refractivity contribution in [2.24, 2.45) is 0 Å². The van der Waals surface area contributed by atoms with Crippen molar-refractivity contribution in [2.75, 3.05) is 66.3 Å². The number of pyridine rings is 3. The number of amides is 4. The molecule has 17 heteroatoms. The summed E-state index contributed by atoms with van der Waals surface area (Å²) in [5.41, 5.74) is 7.96. The van der Waals surface area contributed by atoms with E-state index in [1.807, 2.05) is 30.5 Å². The zero-order valence-electron chi connectivity index (χ0n) is 41.9. The third kappa shape index (κ3) is 8.37. The maximum absolute atomic E-state index is 14.1. The molecule has 3 N–H and O–H groups in total. The second-order valence-corrected chi connectivity index (χ2v) is 20.3. The molecule has 9 heterocycles. The van der Waals surface area contributed by atoms with Crippen molar-refractivity contribution in [1.29, 1.82) is 0 Å². The Kier molecular flexibility index (Phi) is 11.1. The molecule has 4 aromatic heterocycles. The lowest BCUT2D eigenvalue weighted by Gasteiger charge is -2.46. The highest BCUT2D eigenvalue weighted by atomic mass is 32.1. The number of thiophene rings is 1. The number of methoxy groups -OCH3 is 1. The summed E-state index contributed by atoms with van der Waals surface area (Å²) < 4.78 is 29.0. The number of fused-ring (bicyclic) bond motifs is 4. The van der Waals surface area contributed by atoms with Gasteiger partial charge in [-0.05, 0) is 130 Å². The van der Waals surface area contributed by atoms with Crippen LogP contribution < -0.4 is 30.1 Å². The first-order valence-electron chi connectivity index (χ1n) is 25.8. The lowest BCUT2D eigenvalue weighted by Crippen LogP contribution is -2.57. The third-order valence-corrected chi connectivity index (χ3v) is 16.4. The first-order chi connectivity index (χ1) is 34.7. The molecule has 4 amide bonds. The second kappa shape index (κ2) is 18.5. The van der Waals surface area contributed by atoms with E-state index >= 15 is 0 Å². The molecule has 0 radical (unpaired) electrons. The van der Waals surface area contributed by atoms with Crippen LogP contribution in [0.4, 0.5) is 28.7 Å². The van der Waals surface area contributed by atoms with Crippen molar-refractivity contribution in [2.45, 2.75) is 102 Å². The summed E-state index contributed by atoms with van der Waals surface area (Å²) in [6.07, 6.45) is 11.5. The average Bonchev–Trinajstić information content (AvgIpc) is 3.91. The standard InChI is InChI=1S/C52H58N10O6S/c1-30-28-59(34-15-19-58(20-16-34)35-8-10-38-33(24-35)29-62(51(38)66)42-11-13-45(64)57-49(42)65)22-23-60(30)36-9-12-44(54-27-36)56-41-25-32(26-55-50(41)68-3)37-14-18-53-48(46(37)31(2)63)61-21-17-40-39-6-4-5-7-43(39)69-47(40)52(61)67/h8-10,12,14,18,24-27,30-31,34,42,63H,4-7,11,13,15-17,19-23,28-29H2,1-3H3,(H,54,56)(H,57,64,65)/t30-,31-,42-/m0/s1/i3D3. The Hall–Kier alpha value is -6.43. The molecule has 5 aromatic rings. The van der Waals surface area contributed by atoms with Crippen LogP contribution in [0.5, 0.6) is 5.88 Å². The number of aliphatic hydroxyl groups excluding tert-OH is 1. The molecule has 69 heavy (non-hydrogen) atoms. The summed E-state index contributed by atoms with van der Waals surface area (Å²) in [5, 5.41) is 16.9. The Bertz CT molecular complexity index is 2960. The van der Waals surface area contributed by atoms with Gasteiger partial charge in [0.2, 0.25) is 17.7 Å². The van der Waals surface area contributed by atoms with E-state index in [4.69, 9.17) is 13.8 Å². The maximum atomic E-state index is 14.1. The van der Waals surface area contributed by atoms with E-state index in [1.165, 1.54) is 16.6 Å². The number of aryl methyl sites for hydroxylation is 1. The molecule has 3 fully saturated rings. The number of nitrogens with zero attached hydrogens (tertiary/aromatic N) is 8. The van der Waals surface area contributed by atoms with Gasteiger partial charge in [-0.3, -0.25) is 34.3 Å². The first kappa shape index (κ1) is 41.5. The van der Waals surface area contributed by atoms with Gasteiger partial charge in [-0.15, -0.1) is 11.3 Å². The number of carbonyl (C=O) groups is 4. The van der Waals surface area contributed by atoms with Crippen LogP contribution in [-0.2, 0) is 35.4 Å². The zero-order chi connectivity index (χ0) is 50.0. The number of benzene rings is 1. The number of hydrogen-bond acceptors (Lipinski definition) is 14. The van der Waals surface area contributed by atoms with Crippen LogP contribution in [-0.4, -0.2) is 118 Å². The van der Waals surface area contributed by atoms with Gasteiger partial charge in [0.05, 0.1) is 34.0 Å². The molecule has 5 aliphatic heterocycles. The number of imide groups is 1. The van der Waals surface area contributed by atoms with Crippen LogP contribution in [0.1, 0.15) is 110 Å². The van der Waals surface area contributed by atoms with Gasteiger partial charge in [-0.1, -0.05) is 0 Å². The van der Waals surface area contributed by atoms with Crippen LogP contribution in [0.15, 0.2) is 61.1 Å². The SMILES string of the molecule is [2H]C([2H])([2H])Oc1ncc(-c2ccnc(N3CCc4c(sc5c4CCCC5)C3=O)c2[C@H](C)O)cc1Nc1ccc(N2CCN(C3CCN(c4ccc5c(c4)CN([C@H]4CCC(=O)NC4=O)C5=O)CC3)C[C@@H]2C)cn1. The van der Waals surface area contributed by atoms with E-state index in [2.05, 4.69) is 48.3 Å². The minimum absolute atomic E-state index is 0.107. The quantitative estimate of drug-likeness (QED) is 0.131. The van der Waals surface area contributed by atoms with Gasteiger partial charge in [0.25, 0.3) is 11.8 Å². The lowest BCUT2D eigenvalue weighted by molar-refractivity contribution is -0.136. The van der Waals surface area contributed by atoms with Crippen LogP contribution >= 0.6 is 11.3 Å². The maximum Gasteiger partial charge on any atom is 0.269 e. The van der Waals surface area contributed by atoms with Gasteiger partial charge in [0, 0.05) is 104 Å². The smallest absolute Gasteiger partial charge is 0.269 e. The van der Waals surface area contributed by atoms with Crippen LogP contribution in [0.2, 0.25) is 0 Å². The molecule has 3 atom stereocenters. The van der Waals surface area contributed by atoms with Crippen LogP contribution in [0, 0.1) is 0 Å². The van der Waals surface area contributed by atoms with Crippen molar-refractivity contribution in [1.82, 2.24) is 30.1 Å². The summed E-state index contributed by atoms with van der Waals surface area (Å²) in [6, 6.07) is 13.3. The Morgan fingerprint density at radius 3 is 2.48 bits per heavy atom. The number of aliphatic hydroxyl groups is 1. The van der Waals surface area contributed by atoms with Crippen molar-refractivity contribution >= 4 is 63.7 Å². The van der Waals surface area contributed by atoms with Gasteiger partial charge >= 0.3 is 0 Å². The summed E-state index contributed by atoms with van der Waals surface area (Å²) in [6.45, 7) is 9.07. The van der Waals surface area contributed by atoms with E-state index in [0.29, 0.717) is 59.4 Å². The average molecular weight is 954 g/mol. The number of piperidine rings is 2. The number of ether oxygens (including phenoxy) is 1. The van der Waals surface area contributed by atoms with Gasteiger partial charge < -0.3 is 29.9 Å². The normalized spacial score (nSPS) is 22.3. The van der Waals surface area contributed by atoms with E-state index < -0.39 is 25.1 Å². The zero-order valence-corrected chi connectivity index (χ0v) is 39.7. The monoisotopic (exact) mass is 953 g/mol. The molecule has 16 nitrogen and oxygen atoms in total. The highest BCUT2D eigenvalue weighted by Gasteiger charge is 2.40. The van der Waals surface area contributed by atoms with Crippen molar-refractivity contribution in [3.05, 3.63) is 98.6 Å². The molecule has 1 aromatic carbocycles. The number of hydrogen-bond donors (Lipinski definition) is 3. The number of anilines is 5. The Balaban J connectivity index is 0.743. The largest absolute Gasteiger partial charge is 0.480 e. The second-order valence-electron chi connectivity index (χ2n) is 19.2. The van der Waals surface area contributed by atoms with Gasteiger partial charge in [0.15, 0.2) is 0 Å². The molecule has 358 valence electrons. The predicted molar refractivity (Wildman–Crippen MR) is 265 cm³/mol. The highest BCUT2D eigenvalue weighted by Crippen LogP contribution is 2.42. The molecular formula is C52H58N10O6S.